The van der Waals surface area contributed by atoms with Crippen molar-refractivity contribution in [2.45, 2.75) is 39.2 Å². The van der Waals surface area contributed by atoms with Gasteiger partial charge in [-0.05, 0) is 41.6 Å². The molecule has 0 radical (unpaired) electrons. The number of carbonyl (C=O) groups excluding carboxylic acids is 3. The summed E-state index contributed by atoms with van der Waals surface area (Å²) < 4.78 is 16.9. The number of carbonyl (C=O) groups is 3. The second-order valence-electron chi connectivity index (χ2n) is 14.2. The van der Waals surface area contributed by atoms with Gasteiger partial charge in [-0.15, -0.1) is 0 Å². The minimum atomic E-state index is -0.408. The third-order valence-corrected chi connectivity index (χ3v) is 9.70. The van der Waals surface area contributed by atoms with Crippen LogP contribution >= 0.6 is 0 Å². The Morgan fingerprint density at radius 1 is 0.456 bits per heavy atom. The summed E-state index contributed by atoms with van der Waals surface area (Å²) in [6, 6.07) is 35.2. The highest BCUT2D eigenvalue weighted by Crippen LogP contribution is 2.15. The van der Waals surface area contributed by atoms with Crippen molar-refractivity contribution < 1.29 is 33.5 Å². The van der Waals surface area contributed by atoms with E-state index < -0.39 is 4.92 Å². The Kier molecular flexibility index (Phi) is 17.6. The maximum atomic E-state index is 13.1. The van der Waals surface area contributed by atoms with Gasteiger partial charge in [-0.3, -0.25) is 44.1 Å². The second-order valence-corrected chi connectivity index (χ2v) is 14.2. The van der Waals surface area contributed by atoms with Crippen LogP contribution in [0.4, 0.5) is 5.69 Å². The van der Waals surface area contributed by atoms with Crippen LogP contribution in [-0.2, 0) is 55.0 Å². The van der Waals surface area contributed by atoms with E-state index in [1.165, 1.54) is 12.1 Å². The quantitative estimate of drug-likeness (QED) is 0.0669. The largest absolute Gasteiger partial charge is 0.460 e. The molecule has 0 aliphatic carbocycles. The van der Waals surface area contributed by atoms with E-state index in [1.807, 2.05) is 95.9 Å². The molecule has 1 aliphatic heterocycles. The molecule has 302 valence electrons. The standard InChI is InChI=1S/C44H53N5O8/c50-42(55-34-38-12-4-1-5-13-38)31-46-24-11-25-48(33-44(52)57-36-40-16-8-3-9-17-40)29-28-47(32-43(51)56-35-39-14-6-2-7-15-39)23-10-22-45(26-27-46)30-37-18-20-41(21-19-37)49(53)54/h1-9,12-21H,10-11,22-36H2. The fraction of sp³-hybridized carbons (Fsp3) is 0.386. The smallest absolute Gasteiger partial charge is 0.320 e. The van der Waals surface area contributed by atoms with Crippen molar-refractivity contribution in [1.82, 2.24) is 19.6 Å². The monoisotopic (exact) mass is 779 g/mol. The molecule has 1 fully saturated rings. The Balaban J connectivity index is 1.28. The van der Waals surface area contributed by atoms with E-state index in [4.69, 9.17) is 14.2 Å². The predicted molar refractivity (Wildman–Crippen MR) is 216 cm³/mol. The number of non-ortho nitro benzene ring substituents is 1. The summed E-state index contributed by atoms with van der Waals surface area (Å²) in [6.45, 7) is 6.05. The molecule has 1 saturated heterocycles. The first-order valence-corrected chi connectivity index (χ1v) is 19.5. The van der Waals surface area contributed by atoms with Crippen LogP contribution in [0, 0.1) is 10.1 Å². The van der Waals surface area contributed by atoms with Gasteiger partial charge in [0.25, 0.3) is 5.69 Å². The average Bonchev–Trinajstić information content (AvgIpc) is 3.23. The van der Waals surface area contributed by atoms with Crippen molar-refractivity contribution in [3.63, 3.8) is 0 Å². The fourth-order valence-corrected chi connectivity index (χ4v) is 6.56. The number of ether oxygens (including phenoxy) is 3. The molecule has 4 aromatic carbocycles. The lowest BCUT2D eigenvalue weighted by Crippen LogP contribution is -2.44. The summed E-state index contributed by atoms with van der Waals surface area (Å²) in [5, 5.41) is 11.3. The van der Waals surface area contributed by atoms with Crippen molar-refractivity contribution in [2.24, 2.45) is 0 Å². The Labute approximate surface area is 334 Å². The lowest BCUT2D eigenvalue weighted by molar-refractivity contribution is -0.384. The maximum Gasteiger partial charge on any atom is 0.320 e. The molecule has 0 N–H and O–H groups in total. The minimum Gasteiger partial charge on any atom is -0.460 e. The summed E-state index contributed by atoms with van der Waals surface area (Å²) in [4.78, 5) is 58.7. The van der Waals surface area contributed by atoms with Crippen LogP contribution in [0.25, 0.3) is 0 Å². The zero-order valence-corrected chi connectivity index (χ0v) is 32.5. The number of esters is 3. The normalized spacial score (nSPS) is 15.6. The Bertz CT molecular complexity index is 1820. The van der Waals surface area contributed by atoms with E-state index in [2.05, 4.69) is 14.7 Å². The van der Waals surface area contributed by atoms with Crippen molar-refractivity contribution in [2.75, 3.05) is 72.0 Å². The summed E-state index contributed by atoms with van der Waals surface area (Å²) >= 11 is 0. The van der Waals surface area contributed by atoms with E-state index in [9.17, 15) is 24.5 Å². The predicted octanol–water partition coefficient (Wildman–Crippen LogP) is 5.33. The maximum absolute atomic E-state index is 13.1. The first-order valence-electron chi connectivity index (χ1n) is 19.5. The zero-order chi connectivity index (χ0) is 40.1. The van der Waals surface area contributed by atoms with Gasteiger partial charge >= 0.3 is 17.9 Å². The van der Waals surface area contributed by atoms with Gasteiger partial charge < -0.3 is 14.2 Å². The third kappa shape index (κ3) is 16.3. The van der Waals surface area contributed by atoms with Gasteiger partial charge in [0, 0.05) is 64.5 Å². The third-order valence-electron chi connectivity index (χ3n) is 9.70. The van der Waals surface area contributed by atoms with Crippen LogP contribution < -0.4 is 0 Å². The van der Waals surface area contributed by atoms with E-state index in [0.717, 1.165) is 28.7 Å². The summed E-state index contributed by atoms with van der Waals surface area (Å²) in [7, 11) is 0. The van der Waals surface area contributed by atoms with Crippen LogP contribution in [0.15, 0.2) is 115 Å². The average molecular weight is 780 g/mol. The Hall–Kier alpha value is -5.47. The van der Waals surface area contributed by atoms with E-state index in [-0.39, 0.29) is 63.1 Å². The van der Waals surface area contributed by atoms with E-state index >= 15 is 0 Å². The SMILES string of the molecule is O=C(CN1CCCN(CC(=O)OCc2ccccc2)CCN(Cc2ccc([N+](=O)[O-])cc2)CCCN(CC(=O)OCc2ccccc2)CC1)OCc1ccccc1. The van der Waals surface area contributed by atoms with Crippen LogP contribution in [-0.4, -0.2) is 114 Å². The number of hydrogen-bond donors (Lipinski definition) is 0. The summed E-state index contributed by atoms with van der Waals surface area (Å²) in [5.41, 5.74) is 3.70. The van der Waals surface area contributed by atoms with Crippen LogP contribution in [0.5, 0.6) is 0 Å². The Morgan fingerprint density at radius 3 is 1.14 bits per heavy atom. The van der Waals surface area contributed by atoms with Gasteiger partial charge in [-0.1, -0.05) is 103 Å². The lowest BCUT2D eigenvalue weighted by Gasteiger charge is -2.31. The molecule has 0 amide bonds. The van der Waals surface area contributed by atoms with Crippen molar-refractivity contribution >= 4 is 23.6 Å². The lowest BCUT2D eigenvalue weighted by atomic mass is 10.2. The molecule has 1 aliphatic rings. The van der Waals surface area contributed by atoms with Crippen molar-refractivity contribution in [1.29, 1.82) is 0 Å². The molecule has 5 rings (SSSR count). The summed E-state index contributed by atoms with van der Waals surface area (Å²) in [5.74, 6) is -0.985. The van der Waals surface area contributed by atoms with Crippen LogP contribution in [0.3, 0.4) is 0 Å². The molecule has 13 heteroatoms. The number of nitro benzene ring substituents is 1. The molecule has 0 spiro atoms. The fourth-order valence-electron chi connectivity index (χ4n) is 6.56. The number of benzene rings is 4. The highest BCUT2D eigenvalue weighted by atomic mass is 16.6. The number of nitro groups is 1. The molecule has 0 aromatic heterocycles. The molecule has 13 nitrogen and oxygen atoms in total. The van der Waals surface area contributed by atoms with Gasteiger partial charge in [-0.2, -0.15) is 0 Å². The summed E-state index contributed by atoms with van der Waals surface area (Å²) in [6.07, 6.45) is 1.39. The highest BCUT2D eigenvalue weighted by molar-refractivity contribution is 5.72. The second kappa shape index (κ2) is 23.6. The van der Waals surface area contributed by atoms with Crippen molar-refractivity contribution in [3.05, 3.63) is 148 Å². The van der Waals surface area contributed by atoms with Gasteiger partial charge in [0.2, 0.25) is 0 Å². The minimum absolute atomic E-state index is 0.0354. The van der Waals surface area contributed by atoms with E-state index in [0.29, 0.717) is 65.3 Å². The van der Waals surface area contributed by atoms with E-state index in [1.54, 1.807) is 12.1 Å². The molecule has 0 atom stereocenters. The molecule has 1 heterocycles. The van der Waals surface area contributed by atoms with Crippen LogP contribution in [0.2, 0.25) is 0 Å². The number of nitrogens with zero attached hydrogens (tertiary/aromatic N) is 5. The van der Waals surface area contributed by atoms with Gasteiger partial charge in [0.05, 0.1) is 24.6 Å². The van der Waals surface area contributed by atoms with Gasteiger partial charge in [0.1, 0.15) is 19.8 Å². The molecule has 0 unspecified atom stereocenters. The van der Waals surface area contributed by atoms with Gasteiger partial charge in [0.15, 0.2) is 0 Å². The molecule has 0 bridgehead atoms. The van der Waals surface area contributed by atoms with Crippen LogP contribution in [0.1, 0.15) is 35.1 Å². The highest BCUT2D eigenvalue weighted by Gasteiger charge is 2.21. The molecular weight excluding hydrogens is 727 g/mol. The molecular formula is C44H53N5O8. The first-order chi connectivity index (χ1) is 27.8. The topological polar surface area (TPSA) is 135 Å². The van der Waals surface area contributed by atoms with Crippen molar-refractivity contribution in [3.8, 4) is 0 Å². The Morgan fingerprint density at radius 2 is 0.789 bits per heavy atom. The first kappa shape index (κ1) is 42.7. The molecule has 0 saturated carbocycles. The molecule has 57 heavy (non-hydrogen) atoms. The molecule has 4 aromatic rings. The number of rotatable bonds is 15. The zero-order valence-electron chi connectivity index (χ0n) is 32.5. The van der Waals surface area contributed by atoms with Gasteiger partial charge in [-0.25, -0.2) is 0 Å². The number of hydrogen-bond acceptors (Lipinski definition) is 12.